The minimum Gasteiger partial charge on any atom is -0.494 e. The summed E-state index contributed by atoms with van der Waals surface area (Å²) >= 11 is 1.51. The number of fused-ring (bicyclic) bond motifs is 1. The second kappa shape index (κ2) is 8.28. The Balaban J connectivity index is 1.36. The third kappa shape index (κ3) is 3.86. The van der Waals surface area contributed by atoms with Crippen LogP contribution in [-0.4, -0.2) is 32.3 Å². The predicted octanol–water partition coefficient (Wildman–Crippen LogP) is 5.89. The first-order chi connectivity index (χ1) is 15.6. The molecule has 0 radical (unpaired) electrons. The number of carbonyl (C=O) groups is 1. The van der Waals surface area contributed by atoms with Crippen LogP contribution in [0.2, 0.25) is 0 Å². The fourth-order valence-corrected chi connectivity index (χ4v) is 4.34. The fourth-order valence-electron chi connectivity index (χ4n) is 3.45. The first-order valence-electron chi connectivity index (χ1n) is 10.1. The van der Waals surface area contributed by atoms with E-state index in [9.17, 15) is 4.79 Å². The average molecular weight is 442 g/mol. The van der Waals surface area contributed by atoms with Gasteiger partial charge in [-0.25, -0.2) is 14.3 Å². The predicted molar refractivity (Wildman–Crippen MR) is 125 cm³/mol. The lowest BCUT2D eigenvalue weighted by Gasteiger charge is -2.06. The van der Waals surface area contributed by atoms with Crippen molar-refractivity contribution in [2.45, 2.75) is 6.92 Å². The number of aromatic carboxylic acids is 1. The van der Waals surface area contributed by atoms with Gasteiger partial charge in [-0.1, -0.05) is 59.9 Å². The summed E-state index contributed by atoms with van der Waals surface area (Å²) in [6, 6.07) is 23.1. The molecule has 0 amide bonds. The van der Waals surface area contributed by atoms with Crippen LogP contribution in [0, 0.1) is 0 Å². The van der Waals surface area contributed by atoms with E-state index in [-0.39, 0.29) is 5.56 Å². The maximum Gasteiger partial charge on any atom is 0.335 e. The van der Waals surface area contributed by atoms with Crippen LogP contribution in [0.25, 0.3) is 37.9 Å². The highest BCUT2D eigenvalue weighted by molar-refractivity contribution is 7.19. The van der Waals surface area contributed by atoms with Crippen LogP contribution < -0.4 is 4.74 Å². The molecule has 0 spiro atoms. The molecule has 0 fully saturated rings. The Bertz CT molecular complexity index is 1350. The number of benzene rings is 3. The van der Waals surface area contributed by atoms with E-state index in [2.05, 4.69) is 46.5 Å². The molecule has 0 saturated carbocycles. The number of hydrogen-bond donors (Lipinski definition) is 1. The van der Waals surface area contributed by atoms with E-state index >= 15 is 0 Å². The Kier molecular flexibility index (Phi) is 5.17. The van der Waals surface area contributed by atoms with Crippen LogP contribution in [0.15, 0.2) is 79.0 Å². The van der Waals surface area contributed by atoms with Crippen molar-refractivity contribution in [3.63, 3.8) is 0 Å². The van der Waals surface area contributed by atoms with Crippen LogP contribution >= 0.6 is 11.3 Å². The highest BCUT2D eigenvalue weighted by Gasteiger charge is 2.12. The zero-order valence-electron chi connectivity index (χ0n) is 17.2. The van der Waals surface area contributed by atoms with E-state index < -0.39 is 5.97 Å². The highest BCUT2D eigenvalue weighted by Crippen LogP contribution is 2.30. The van der Waals surface area contributed by atoms with E-state index in [1.165, 1.54) is 11.3 Å². The molecule has 158 valence electrons. The molecule has 32 heavy (non-hydrogen) atoms. The zero-order valence-corrected chi connectivity index (χ0v) is 18.0. The zero-order chi connectivity index (χ0) is 22.1. The number of aromatic nitrogens is 3. The molecule has 0 unspecified atom stereocenters. The van der Waals surface area contributed by atoms with Crippen LogP contribution in [0.3, 0.4) is 0 Å². The summed E-state index contributed by atoms with van der Waals surface area (Å²) in [6.45, 7) is 2.63. The number of nitrogens with zero attached hydrogens (tertiary/aromatic N) is 3. The first-order valence-corrected chi connectivity index (χ1v) is 11.0. The Morgan fingerprint density at radius 1 is 0.906 bits per heavy atom. The van der Waals surface area contributed by atoms with Crippen LogP contribution in [0.1, 0.15) is 17.3 Å². The molecule has 1 N–H and O–H groups in total. The number of carboxylic acid groups (broad SMARTS) is 1. The van der Waals surface area contributed by atoms with Crippen molar-refractivity contribution in [2.24, 2.45) is 0 Å². The Labute approximate surface area is 188 Å². The minimum absolute atomic E-state index is 0.254. The maximum absolute atomic E-state index is 11.0. The molecule has 0 atom stereocenters. The summed E-state index contributed by atoms with van der Waals surface area (Å²) in [6.07, 6.45) is 1.86. The lowest BCUT2D eigenvalue weighted by Crippen LogP contribution is -1.94. The van der Waals surface area contributed by atoms with Crippen molar-refractivity contribution in [1.82, 2.24) is 14.6 Å². The molecule has 0 saturated heterocycles. The van der Waals surface area contributed by atoms with Crippen molar-refractivity contribution in [1.29, 1.82) is 0 Å². The van der Waals surface area contributed by atoms with Gasteiger partial charge in [0.25, 0.3) is 0 Å². The molecule has 6 nitrogen and oxygen atoms in total. The molecule has 5 aromatic rings. The molecule has 0 aliphatic heterocycles. The lowest BCUT2D eigenvalue weighted by molar-refractivity contribution is 0.0697. The van der Waals surface area contributed by atoms with Gasteiger partial charge in [-0.05, 0) is 42.3 Å². The standard InChI is InChI=1S/C25H19N3O3S/c1-2-31-21-13-11-17(12-14-21)16-3-7-19(8-4-16)23-27-28-15-22(26-25(28)32-23)18-5-9-20(10-6-18)24(29)30/h3-15H,2H2,1H3,(H,29,30). The van der Waals surface area contributed by atoms with Gasteiger partial charge >= 0.3 is 5.97 Å². The molecular formula is C25H19N3O3S. The number of ether oxygens (including phenoxy) is 1. The quantitative estimate of drug-likeness (QED) is 0.356. The van der Waals surface area contributed by atoms with E-state index in [0.29, 0.717) is 6.61 Å². The van der Waals surface area contributed by atoms with Crippen molar-refractivity contribution in [3.05, 3.63) is 84.6 Å². The molecule has 7 heteroatoms. The summed E-state index contributed by atoms with van der Waals surface area (Å²) in [5.74, 6) is -0.0709. The third-order valence-corrected chi connectivity index (χ3v) is 6.07. The normalized spacial score (nSPS) is 11.0. The monoisotopic (exact) mass is 441 g/mol. The van der Waals surface area contributed by atoms with Gasteiger partial charge in [-0.2, -0.15) is 5.10 Å². The summed E-state index contributed by atoms with van der Waals surface area (Å²) in [7, 11) is 0. The van der Waals surface area contributed by atoms with Crippen molar-refractivity contribution < 1.29 is 14.6 Å². The Morgan fingerprint density at radius 2 is 1.50 bits per heavy atom. The van der Waals surface area contributed by atoms with Gasteiger partial charge < -0.3 is 9.84 Å². The largest absolute Gasteiger partial charge is 0.494 e. The Hall–Kier alpha value is -3.97. The van der Waals surface area contributed by atoms with Crippen LogP contribution in [0.5, 0.6) is 5.75 Å². The van der Waals surface area contributed by atoms with Gasteiger partial charge in [0.2, 0.25) is 4.96 Å². The second-order valence-corrected chi connectivity index (χ2v) is 8.13. The van der Waals surface area contributed by atoms with E-state index in [0.717, 1.165) is 43.7 Å². The van der Waals surface area contributed by atoms with E-state index in [1.54, 1.807) is 28.8 Å². The molecular weight excluding hydrogens is 422 g/mol. The van der Waals surface area contributed by atoms with Crippen molar-refractivity contribution in [2.75, 3.05) is 6.61 Å². The van der Waals surface area contributed by atoms with Crippen LogP contribution in [0.4, 0.5) is 0 Å². The molecule has 5 rings (SSSR count). The number of rotatable bonds is 6. The molecule has 3 aromatic carbocycles. The third-order valence-electron chi connectivity index (χ3n) is 5.10. The minimum atomic E-state index is -0.942. The van der Waals surface area contributed by atoms with Gasteiger partial charge in [0.05, 0.1) is 24.1 Å². The van der Waals surface area contributed by atoms with Gasteiger partial charge in [-0.15, -0.1) is 0 Å². The molecule has 2 heterocycles. The summed E-state index contributed by atoms with van der Waals surface area (Å²) in [4.78, 5) is 16.5. The summed E-state index contributed by atoms with van der Waals surface area (Å²) in [5, 5.41) is 14.6. The summed E-state index contributed by atoms with van der Waals surface area (Å²) in [5.41, 5.74) is 5.16. The van der Waals surface area contributed by atoms with Gasteiger partial charge in [-0.3, -0.25) is 0 Å². The molecule has 0 bridgehead atoms. The van der Waals surface area contributed by atoms with Gasteiger partial charge in [0.15, 0.2) is 0 Å². The maximum atomic E-state index is 11.0. The van der Waals surface area contributed by atoms with Gasteiger partial charge in [0, 0.05) is 11.1 Å². The van der Waals surface area contributed by atoms with E-state index in [4.69, 9.17) is 9.84 Å². The van der Waals surface area contributed by atoms with Crippen molar-refractivity contribution in [3.8, 4) is 38.7 Å². The first kappa shape index (κ1) is 20.0. The van der Waals surface area contributed by atoms with Gasteiger partial charge in [0.1, 0.15) is 10.8 Å². The smallest absolute Gasteiger partial charge is 0.335 e. The lowest BCUT2D eigenvalue weighted by atomic mass is 10.0. The molecule has 0 aliphatic carbocycles. The second-order valence-electron chi connectivity index (χ2n) is 7.18. The molecule has 0 aliphatic rings. The summed E-state index contributed by atoms with van der Waals surface area (Å²) < 4.78 is 7.27. The van der Waals surface area contributed by atoms with E-state index in [1.807, 2.05) is 25.3 Å². The highest BCUT2D eigenvalue weighted by atomic mass is 32.1. The Morgan fingerprint density at radius 3 is 2.09 bits per heavy atom. The fraction of sp³-hybridized carbons (Fsp3) is 0.0800. The SMILES string of the molecule is CCOc1ccc(-c2ccc(-c3nn4cc(-c5ccc(C(=O)O)cc5)nc4s3)cc2)cc1. The average Bonchev–Trinajstić information content (AvgIpc) is 3.40. The number of carboxylic acids is 1. The van der Waals surface area contributed by atoms with Crippen molar-refractivity contribution >= 4 is 22.3 Å². The van der Waals surface area contributed by atoms with Crippen LogP contribution in [-0.2, 0) is 0 Å². The topological polar surface area (TPSA) is 76.7 Å². The number of imidazole rings is 1. The molecule has 2 aromatic heterocycles. The number of hydrogen-bond acceptors (Lipinski definition) is 5.